The zero-order chi connectivity index (χ0) is 19.1. The van der Waals surface area contributed by atoms with Gasteiger partial charge in [0.25, 0.3) is 5.91 Å². The molecule has 0 radical (unpaired) electrons. The fraction of sp³-hybridized carbons (Fsp3) is 0.333. The van der Waals surface area contributed by atoms with E-state index in [9.17, 15) is 9.59 Å². The average molecular weight is 404 g/mol. The Morgan fingerprint density at radius 3 is 2.30 bits per heavy atom. The lowest BCUT2D eigenvalue weighted by Gasteiger charge is -2.26. The summed E-state index contributed by atoms with van der Waals surface area (Å²) in [6.45, 7) is 1.33. The fourth-order valence-electron chi connectivity index (χ4n) is 2.88. The van der Waals surface area contributed by atoms with Crippen LogP contribution in [0.5, 0.6) is 0 Å². The molecule has 3 rings (SSSR count). The van der Waals surface area contributed by atoms with Gasteiger partial charge in [0.1, 0.15) is 0 Å². The third-order valence-electron chi connectivity index (χ3n) is 4.44. The van der Waals surface area contributed by atoms with Crippen molar-refractivity contribution >= 4 is 35.2 Å². The van der Waals surface area contributed by atoms with Crippen molar-refractivity contribution in [2.75, 3.05) is 19.7 Å². The number of nitrogens with zero attached hydrogens (tertiary/aromatic N) is 1. The number of hydrogen-bond donors (Lipinski definition) is 0. The van der Waals surface area contributed by atoms with Gasteiger partial charge in [-0.2, -0.15) is 0 Å². The highest BCUT2D eigenvalue weighted by molar-refractivity contribution is 7.98. The number of halogens is 1. The van der Waals surface area contributed by atoms with Gasteiger partial charge in [-0.05, 0) is 61.2 Å². The molecule has 0 unspecified atom stereocenters. The van der Waals surface area contributed by atoms with Gasteiger partial charge in [-0.3, -0.25) is 4.79 Å². The molecule has 0 aromatic heterocycles. The molecule has 1 fully saturated rings. The highest BCUT2D eigenvalue weighted by Gasteiger charge is 2.18. The number of ether oxygens (including phenoxy) is 1. The van der Waals surface area contributed by atoms with Crippen LogP contribution in [-0.2, 0) is 15.3 Å². The lowest BCUT2D eigenvalue weighted by atomic mass is 10.1. The van der Waals surface area contributed by atoms with Crippen molar-refractivity contribution in [3.63, 3.8) is 0 Å². The molecule has 27 heavy (non-hydrogen) atoms. The van der Waals surface area contributed by atoms with E-state index < -0.39 is 5.97 Å². The predicted molar refractivity (Wildman–Crippen MR) is 108 cm³/mol. The third kappa shape index (κ3) is 6.01. The van der Waals surface area contributed by atoms with Crippen molar-refractivity contribution < 1.29 is 14.3 Å². The Balaban J connectivity index is 1.46. The molecule has 2 aromatic carbocycles. The Bertz CT molecular complexity index is 771. The maximum Gasteiger partial charge on any atom is 0.338 e. The van der Waals surface area contributed by atoms with Crippen molar-refractivity contribution in [2.24, 2.45) is 0 Å². The smallest absolute Gasteiger partial charge is 0.338 e. The SMILES string of the molecule is O=C(OCC(=O)N1CCCCC1)c1ccc(CSc2ccc(Cl)cc2)cc1. The number of benzene rings is 2. The minimum absolute atomic E-state index is 0.112. The van der Waals surface area contributed by atoms with Gasteiger partial charge in [-0.25, -0.2) is 4.79 Å². The summed E-state index contributed by atoms with van der Waals surface area (Å²) in [5, 5.41) is 0.723. The number of thioether (sulfide) groups is 1. The maximum atomic E-state index is 12.1. The summed E-state index contributed by atoms with van der Waals surface area (Å²) in [4.78, 5) is 27.1. The highest BCUT2D eigenvalue weighted by Crippen LogP contribution is 2.24. The van der Waals surface area contributed by atoms with Crippen molar-refractivity contribution in [3.8, 4) is 0 Å². The number of likely N-dealkylation sites (tertiary alicyclic amines) is 1. The summed E-state index contributed by atoms with van der Waals surface area (Å²) < 4.78 is 5.18. The first kappa shape index (κ1) is 19.8. The van der Waals surface area contributed by atoms with Crippen molar-refractivity contribution in [3.05, 3.63) is 64.7 Å². The molecule has 142 valence electrons. The second kappa shape index (κ2) is 9.81. The van der Waals surface area contributed by atoms with Gasteiger partial charge in [0.2, 0.25) is 0 Å². The molecule has 1 aliphatic rings. The zero-order valence-electron chi connectivity index (χ0n) is 15.0. The minimum atomic E-state index is -0.461. The number of hydrogen-bond acceptors (Lipinski definition) is 4. The van der Waals surface area contributed by atoms with Gasteiger partial charge >= 0.3 is 5.97 Å². The van der Waals surface area contributed by atoms with Crippen LogP contribution in [0.15, 0.2) is 53.4 Å². The van der Waals surface area contributed by atoms with Crippen LogP contribution in [0.1, 0.15) is 35.2 Å². The van der Waals surface area contributed by atoms with Crippen LogP contribution in [-0.4, -0.2) is 36.5 Å². The van der Waals surface area contributed by atoms with Gasteiger partial charge in [0, 0.05) is 28.8 Å². The van der Waals surface area contributed by atoms with Crippen LogP contribution >= 0.6 is 23.4 Å². The van der Waals surface area contributed by atoms with Crippen molar-refractivity contribution in [1.29, 1.82) is 0 Å². The molecule has 0 atom stereocenters. The highest BCUT2D eigenvalue weighted by atomic mass is 35.5. The van der Waals surface area contributed by atoms with E-state index in [4.69, 9.17) is 16.3 Å². The van der Waals surface area contributed by atoms with E-state index in [0.29, 0.717) is 5.56 Å². The largest absolute Gasteiger partial charge is 0.452 e. The molecule has 4 nitrogen and oxygen atoms in total. The number of carbonyl (C=O) groups excluding carboxylic acids is 2. The van der Waals surface area contributed by atoms with E-state index >= 15 is 0 Å². The first-order valence-corrected chi connectivity index (χ1v) is 10.4. The molecular formula is C21H22ClNO3S. The number of piperidine rings is 1. The van der Waals surface area contributed by atoms with Crippen LogP contribution in [0.4, 0.5) is 0 Å². The topological polar surface area (TPSA) is 46.6 Å². The van der Waals surface area contributed by atoms with Gasteiger partial charge in [-0.1, -0.05) is 23.7 Å². The average Bonchev–Trinajstić information content (AvgIpc) is 2.72. The molecule has 1 heterocycles. The molecule has 0 spiro atoms. The molecule has 0 N–H and O–H groups in total. The van der Waals surface area contributed by atoms with E-state index in [1.807, 2.05) is 36.4 Å². The van der Waals surface area contributed by atoms with Crippen LogP contribution in [0, 0.1) is 0 Å². The molecule has 1 aliphatic heterocycles. The Morgan fingerprint density at radius 1 is 0.963 bits per heavy atom. The van der Waals surface area contributed by atoms with E-state index in [2.05, 4.69) is 0 Å². The quantitative estimate of drug-likeness (QED) is 0.513. The second-order valence-corrected chi connectivity index (χ2v) is 7.94. The van der Waals surface area contributed by atoms with E-state index in [0.717, 1.165) is 53.6 Å². The van der Waals surface area contributed by atoms with Crippen molar-refractivity contribution in [1.82, 2.24) is 4.90 Å². The van der Waals surface area contributed by atoms with Gasteiger partial charge < -0.3 is 9.64 Å². The molecular weight excluding hydrogens is 382 g/mol. The normalized spacial score (nSPS) is 14.0. The maximum absolute atomic E-state index is 12.1. The molecule has 6 heteroatoms. The molecule has 1 saturated heterocycles. The van der Waals surface area contributed by atoms with Crippen molar-refractivity contribution in [2.45, 2.75) is 29.9 Å². The van der Waals surface area contributed by atoms with Crippen LogP contribution in [0.3, 0.4) is 0 Å². The fourth-order valence-corrected chi connectivity index (χ4v) is 3.86. The second-order valence-electron chi connectivity index (χ2n) is 6.46. The summed E-state index contributed by atoms with van der Waals surface area (Å²) in [5.41, 5.74) is 1.57. The Kier molecular flexibility index (Phi) is 7.18. The van der Waals surface area contributed by atoms with Crippen LogP contribution in [0.25, 0.3) is 0 Å². The van der Waals surface area contributed by atoms with Gasteiger partial charge in [0.15, 0.2) is 6.61 Å². The standard InChI is InChI=1S/C21H22ClNO3S/c22-18-8-10-19(11-9-18)27-15-16-4-6-17(7-5-16)21(25)26-14-20(24)23-12-2-1-3-13-23/h4-11H,1-3,12-15H2. The number of esters is 1. The lowest BCUT2D eigenvalue weighted by molar-refractivity contribution is -0.135. The summed E-state index contributed by atoms with van der Waals surface area (Å²) in [7, 11) is 0. The Labute approximate surface area is 168 Å². The van der Waals surface area contributed by atoms with E-state index in [1.165, 1.54) is 0 Å². The zero-order valence-corrected chi connectivity index (χ0v) is 16.6. The minimum Gasteiger partial charge on any atom is -0.452 e. The number of amides is 1. The van der Waals surface area contributed by atoms with E-state index in [-0.39, 0.29) is 12.5 Å². The Morgan fingerprint density at radius 2 is 1.63 bits per heavy atom. The van der Waals surface area contributed by atoms with Crippen LogP contribution < -0.4 is 0 Å². The Hall–Kier alpha value is -1.98. The monoisotopic (exact) mass is 403 g/mol. The third-order valence-corrected chi connectivity index (χ3v) is 5.78. The molecule has 1 amide bonds. The van der Waals surface area contributed by atoms with Crippen LogP contribution in [0.2, 0.25) is 5.02 Å². The summed E-state index contributed by atoms with van der Waals surface area (Å²) in [6.07, 6.45) is 3.20. The first-order valence-electron chi connectivity index (χ1n) is 9.04. The molecule has 0 aliphatic carbocycles. The number of rotatable bonds is 6. The predicted octanol–water partition coefficient (Wildman–Crippen LogP) is 4.80. The molecule has 0 saturated carbocycles. The van der Waals surface area contributed by atoms with E-state index in [1.54, 1.807) is 28.8 Å². The lowest BCUT2D eigenvalue weighted by Crippen LogP contribution is -2.38. The summed E-state index contributed by atoms with van der Waals surface area (Å²) in [6, 6.07) is 15.0. The molecule has 0 bridgehead atoms. The first-order chi connectivity index (χ1) is 13.1. The summed E-state index contributed by atoms with van der Waals surface area (Å²) in [5.74, 6) is 0.223. The van der Waals surface area contributed by atoms with Gasteiger partial charge in [-0.15, -0.1) is 11.8 Å². The molecule has 2 aromatic rings. The van der Waals surface area contributed by atoms with Gasteiger partial charge in [0.05, 0.1) is 5.56 Å². The number of carbonyl (C=O) groups is 2. The summed E-state index contributed by atoms with van der Waals surface area (Å²) >= 11 is 7.59.